The highest BCUT2D eigenvalue weighted by Gasteiger charge is 2.23. The molecule has 0 spiro atoms. The molecule has 0 aliphatic carbocycles. The molecule has 2 heterocycles. The van der Waals surface area contributed by atoms with Crippen molar-refractivity contribution in [1.29, 1.82) is 0 Å². The molecule has 1 atom stereocenters. The molecular formula is C29H22BrCl2N3O6. The molecule has 0 bridgehead atoms. The Kier molecular flexibility index (Phi) is 8.35. The Labute approximate surface area is 252 Å². The van der Waals surface area contributed by atoms with Crippen molar-refractivity contribution < 1.29 is 23.4 Å². The summed E-state index contributed by atoms with van der Waals surface area (Å²) in [5, 5.41) is 6.29. The van der Waals surface area contributed by atoms with Crippen LogP contribution in [-0.2, 0) is 9.53 Å². The molecule has 0 saturated carbocycles. The molecule has 5 rings (SSSR count). The molecule has 5 aromatic rings. The fourth-order valence-electron chi connectivity index (χ4n) is 4.08. The number of carbonyl (C=O) groups is 1. The van der Waals surface area contributed by atoms with E-state index in [-0.39, 0.29) is 29.0 Å². The van der Waals surface area contributed by atoms with Gasteiger partial charge in [-0.05, 0) is 72.2 Å². The number of hydrogen-bond acceptors (Lipinski definition) is 8. The molecule has 0 aliphatic rings. The van der Waals surface area contributed by atoms with Gasteiger partial charge in [0, 0.05) is 20.4 Å². The van der Waals surface area contributed by atoms with Gasteiger partial charge in [-0.25, -0.2) is 9.78 Å². The van der Waals surface area contributed by atoms with Gasteiger partial charge in [-0.1, -0.05) is 35.3 Å². The number of aromatic nitrogens is 2. The first kappa shape index (κ1) is 28.7. The van der Waals surface area contributed by atoms with Crippen LogP contribution in [0.5, 0.6) is 11.5 Å². The quantitative estimate of drug-likeness (QED) is 0.129. The van der Waals surface area contributed by atoms with Crippen LogP contribution >= 0.6 is 39.1 Å². The highest BCUT2D eigenvalue weighted by Crippen LogP contribution is 2.42. The number of halogens is 3. The van der Waals surface area contributed by atoms with Gasteiger partial charge in [-0.2, -0.15) is 9.78 Å². The van der Waals surface area contributed by atoms with Crippen molar-refractivity contribution in [2.24, 2.45) is 5.10 Å². The Balaban J connectivity index is 1.62. The molecule has 3 aromatic carbocycles. The first-order valence-corrected chi connectivity index (χ1v) is 13.9. The molecule has 41 heavy (non-hydrogen) atoms. The number of esters is 1. The van der Waals surface area contributed by atoms with Gasteiger partial charge < -0.3 is 18.6 Å². The third-order valence-electron chi connectivity index (χ3n) is 6.05. The first-order chi connectivity index (χ1) is 19.7. The summed E-state index contributed by atoms with van der Waals surface area (Å²) in [4.78, 5) is 30.4. The fourth-order valence-corrected chi connectivity index (χ4v) is 4.90. The van der Waals surface area contributed by atoms with E-state index < -0.39 is 17.6 Å². The largest absolute Gasteiger partial charge is 0.493 e. The van der Waals surface area contributed by atoms with Crippen LogP contribution in [0.3, 0.4) is 0 Å². The summed E-state index contributed by atoms with van der Waals surface area (Å²) in [7, 11) is 1.44. The van der Waals surface area contributed by atoms with Gasteiger partial charge in [0.2, 0.25) is 5.82 Å². The highest BCUT2D eigenvalue weighted by molar-refractivity contribution is 9.10. The van der Waals surface area contributed by atoms with E-state index in [0.29, 0.717) is 37.3 Å². The zero-order chi connectivity index (χ0) is 29.3. The van der Waals surface area contributed by atoms with Crippen molar-refractivity contribution in [3.63, 3.8) is 0 Å². The predicted octanol–water partition coefficient (Wildman–Crippen LogP) is 7.10. The van der Waals surface area contributed by atoms with E-state index in [2.05, 4.69) is 26.0 Å². The van der Waals surface area contributed by atoms with Gasteiger partial charge in [0.05, 0.1) is 30.8 Å². The minimum Gasteiger partial charge on any atom is -0.493 e. The van der Waals surface area contributed by atoms with Crippen molar-refractivity contribution in [3.8, 4) is 23.1 Å². The van der Waals surface area contributed by atoms with E-state index in [1.807, 2.05) is 0 Å². The van der Waals surface area contributed by atoms with E-state index in [1.165, 1.54) is 13.3 Å². The second-order valence-corrected chi connectivity index (χ2v) is 10.4. The number of nitrogens with zero attached hydrogens (tertiary/aromatic N) is 3. The van der Waals surface area contributed by atoms with Crippen LogP contribution in [0.4, 0.5) is 0 Å². The number of ether oxygens (including phenoxy) is 3. The van der Waals surface area contributed by atoms with E-state index in [4.69, 9.17) is 41.8 Å². The lowest BCUT2D eigenvalue weighted by molar-refractivity contribution is -0.150. The molecule has 0 aliphatic heterocycles. The number of methoxy groups -OCH3 is 1. The van der Waals surface area contributed by atoms with Gasteiger partial charge in [-0.15, -0.1) is 0 Å². The van der Waals surface area contributed by atoms with E-state index in [0.717, 1.165) is 10.1 Å². The average Bonchev–Trinajstić information content (AvgIpc) is 3.39. The monoisotopic (exact) mass is 657 g/mol. The SMILES string of the molecule is CCOC(=O)[C@@H](C)Oc1c(OC)cc(C=Nn2c(-c3cc4cc(Cl)ccc4o3)nc3ccccc3c2=O)c(Br)c1Cl. The molecule has 0 amide bonds. The van der Waals surface area contributed by atoms with Crippen molar-refractivity contribution in [1.82, 2.24) is 9.66 Å². The topological polar surface area (TPSA) is 105 Å². The number of carbonyl (C=O) groups excluding carboxylic acids is 1. The lowest BCUT2D eigenvalue weighted by atomic mass is 10.2. The van der Waals surface area contributed by atoms with E-state index in [1.54, 1.807) is 68.4 Å². The number of rotatable bonds is 8. The smallest absolute Gasteiger partial charge is 0.347 e. The summed E-state index contributed by atoms with van der Waals surface area (Å²) < 4.78 is 23.8. The van der Waals surface area contributed by atoms with E-state index >= 15 is 0 Å². The maximum Gasteiger partial charge on any atom is 0.347 e. The summed E-state index contributed by atoms with van der Waals surface area (Å²) in [5.74, 6) is 0.360. The number of fused-ring (bicyclic) bond motifs is 2. The summed E-state index contributed by atoms with van der Waals surface area (Å²) in [6.45, 7) is 3.46. The maximum absolute atomic E-state index is 13.6. The molecule has 0 fully saturated rings. The van der Waals surface area contributed by atoms with Gasteiger partial charge in [0.25, 0.3) is 5.56 Å². The predicted molar refractivity (Wildman–Crippen MR) is 162 cm³/mol. The molecule has 9 nitrogen and oxygen atoms in total. The molecule has 0 N–H and O–H groups in total. The van der Waals surface area contributed by atoms with Crippen molar-refractivity contribution in [2.75, 3.05) is 13.7 Å². The Bertz CT molecular complexity index is 1880. The van der Waals surface area contributed by atoms with Crippen molar-refractivity contribution >= 4 is 73.2 Å². The van der Waals surface area contributed by atoms with Crippen molar-refractivity contribution in [3.05, 3.63) is 85.0 Å². The minimum atomic E-state index is -0.934. The van der Waals surface area contributed by atoms with Gasteiger partial charge >= 0.3 is 5.97 Å². The molecular weight excluding hydrogens is 637 g/mol. The Morgan fingerprint density at radius 2 is 1.98 bits per heavy atom. The maximum atomic E-state index is 13.6. The Hall–Kier alpha value is -3.86. The minimum absolute atomic E-state index is 0.139. The molecule has 0 saturated heterocycles. The molecule has 12 heteroatoms. The molecule has 210 valence electrons. The van der Waals surface area contributed by atoms with E-state index in [9.17, 15) is 9.59 Å². The van der Waals surface area contributed by atoms with Crippen LogP contribution in [0, 0.1) is 0 Å². The van der Waals surface area contributed by atoms with Crippen LogP contribution in [0.1, 0.15) is 19.4 Å². The van der Waals surface area contributed by atoms with Crippen molar-refractivity contribution in [2.45, 2.75) is 20.0 Å². The number of hydrogen-bond donors (Lipinski definition) is 0. The zero-order valence-corrected chi connectivity index (χ0v) is 25.1. The van der Waals surface area contributed by atoms with Gasteiger partial charge in [0.1, 0.15) is 10.6 Å². The normalized spacial score (nSPS) is 12.2. The highest BCUT2D eigenvalue weighted by atomic mass is 79.9. The van der Waals surface area contributed by atoms with Crippen LogP contribution in [0.15, 0.2) is 73.4 Å². The van der Waals surface area contributed by atoms with Crippen LogP contribution in [0.2, 0.25) is 10.0 Å². The fraction of sp³-hybridized carbons (Fsp3) is 0.172. The first-order valence-electron chi connectivity index (χ1n) is 12.4. The lowest BCUT2D eigenvalue weighted by Gasteiger charge is -2.18. The standard InChI is InChI=1S/C29H22BrCl2N3O6/c1-4-39-29(37)15(2)40-26-22(38-3)13-17(24(30)25(26)32)14-33-35-27(34-20-8-6-5-7-19(20)28(35)36)23-12-16-11-18(31)9-10-21(16)41-23/h5-15H,4H2,1-3H3/t15-/m1/s1. The summed E-state index contributed by atoms with van der Waals surface area (Å²) >= 11 is 16.2. The third kappa shape index (κ3) is 5.68. The molecule has 0 unspecified atom stereocenters. The third-order valence-corrected chi connectivity index (χ3v) is 7.73. The number of furan rings is 1. The van der Waals surface area contributed by atoms with Crippen LogP contribution in [-0.4, -0.2) is 41.7 Å². The average molecular weight is 659 g/mol. The Morgan fingerprint density at radius 3 is 2.73 bits per heavy atom. The van der Waals surface area contributed by atoms with Crippen LogP contribution < -0.4 is 15.0 Å². The lowest BCUT2D eigenvalue weighted by Crippen LogP contribution is -2.26. The van der Waals surface area contributed by atoms with Gasteiger partial charge in [0.15, 0.2) is 23.4 Å². The second kappa shape index (κ2) is 11.9. The second-order valence-electron chi connectivity index (χ2n) is 8.74. The van der Waals surface area contributed by atoms with Crippen LogP contribution in [0.25, 0.3) is 33.5 Å². The number of para-hydroxylation sites is 1. The summed E-state index contributed by atoms with van der Waals surface area (Å²) in [5.41, 5.74) is 1.12. The summed E-state index contributed by atoms with van der Waals surface area (Å²) in [6.07, 6.45) is 0.494. The van der Waals surface area contributed by atoms with Gasteiger partial charge in [-0.3, -0.25) is 4.79 Å². The summed E-state index contributed by atoms with van der Waals surface area (Å²) in [6, 6.07) is 15.5. The molecule has 2 aromatic heterocycles. The zero-order valence-electron chi connectivity index (χ0n) is 22.0. The molecule has 0 radical (unpaired) electrons. The number of benzene rings is 3. The Morgan fingerprint density at radius 1 is 1.20 bits per heavy atom.